The van der Waals surface area contributed by atoms with Crippen molar-refractivity contribution in [2.45, 2.75) is 19.9 Å². The quantitative estimate of drug-likeness (QED) is 0.801. The largest absolute Gasteiger partial charge is 0.469 e. The van der Waals surface area contributed by atoms with E-state index in [0.717, 1.165) is 5.56 Å². The summed E-state index contributed by atoms with van der Waals surface area (Å²) >= 11 is 0. The average Bonchev–Trinajstić information content (AvgIpc) is 2.35. The minimum atomic E-state index is -0.246. The fraction of sp³-hybridized carbons (Fsp3) is 0.462. The van der Waals surface area contributed by atoms with Crippen LogP contribution in [0.15, 0.2) is 24.3 Å². The van der Waals surface area contributed by atoms with Gasteiger partial charge in [-0.25, -0.2) is 4.39 Å². The molecule has 0 saturated heterocycles. The molecule has 0 bridgehead atoms. The number of benzene rings is 1. The molecule has 4 heteroatoms. The smallest absolute Gasteiger partial charge is 0.309 e. The van der Waals surface area contributed by atoms with Crippen LogP contribution in [0, 0.1) is 11.7 Å². The number of ether oxygens (including phenoxy) is 1. The molecule has 0 aromatic heterocycles. The molecule has 1 aromatic carbocycles. The number of rotatable bonds is 5. The second-order valence-corrected chi connectivity index (χ2v) is 4.11. The first-order valence-corrected chi connectivity index (χ1v) is 5.61. The van der Waals surface area contributed by atoms with Crippen LogP contribution in [-0.2, 0) is 9.53 Å². The van der Waals surface area contributed by atoms with Crippen LogP contribution in [0.1, 0.15) is 25.5 Å². The predicted octanol–water partition coefficient (Wildman–Crippen LogP) is 2.29. The molecule has 2 atom stereocenters. The molecule has 1 unspecified atom stereocenters. The van der Waals surface area contributed by atoms with Crippen molar-refractivity contribution in [2.75, 3.05) is 13.7 Å². The summed E-state index contributed by atoms with van der Waals surface area (Å²) in [5.74, 6) is -0.671. The lowest BCUT2D eigenvalue weighted by molar-refractivity contribution is -0.144. The van der Waals surface area contributed by atoms with Crippen LogP contribution in [0.2, 0.25) is 0 Å². The van der Waals surface area contributed by atoms with Crippen molar-refractivity contribution < 1.29 is 13.9 Å². The van der Waals surface area contributed by atoms with E-state index in [0.29, 0.717) is 6.54 Å². The molecule has 0 radical (unpaired) electrons. The summed E-state index contributed by atoms with van der Waals surface area (Å²) in [5.41, 5.74) is 0.989. The van der Waals surface area contributed by atoms with Gasteiger partial charge in [-0.05, 0) is 24.6 Å². The SMILES string of the molecule is COC(=O)C(C)CN[C@@H](C)c1ccc(F)cc1. The monoisotopic (exact) mass is 239 g/mol. The summed E-state index contributed by atoms with van der Waals surface area (Å²) in [6, 6.07) is 6.39. The van der Waals surface area contributed by atoms with Crippen LogP contribution < -0.4 is 5.32 Å². The molecule has 1 N–H and O–H groups in total. The summed E-state index contributed by atoms with van der Waals surface area (Å²) in [5, 5.41) is 3.21. The lowest BCUT2D eigenvalue weighted by Gasteiger charge is -2.16. The lowest BCUT2D eigenvalue weighted by Crippen LogP contribution is -2.29. The zero-order valence-electron chi connectivity index (χ0n) is 10.4. The van der Waals surface area contributed by atoms with E-state index in [2.05, 4.69) is 10.1 Å². The normalized spacial score (nSPS) is 14.1. The molecule has 94 valence electrons. The van der Waals surface area contributed by atoms with Crippen LogP contribution in [-0.4, -0.2) is 19.6 Å². The van der Waals surface area contributed by atoms with Gasteiger partial charge in [-0.3, -0.25) is 4.79 Å². The number of halogens is 1. The van der Waals surface area contributed by atoms with E-state index in [4.69, 9.17) is 0 Å². The number of carbonyl (C=O) groups excluding carboxylic acids is 1. The van der Waals surface area contributed by atoms with Crippen molar-refractivity contribution in [1.29, 1.82) is 0 Å². The van der Waals surface area contributed by atoms with Gasteiger partial charge in [0.05, 0.1) is 13.0 Å². The van der Waals surface area contributed by atoms with Crippen LogP contribution in [0.5, 0.6) is 0 Å². The second kappa shape index (κ2) is 6.35. The minimum Gasteiger partial charge on any atom is -0.469 e. The van der Waals surface area contributed by atoms with Gasteiger partial charge in [0.25, 0.3) is 0 Å². The van der Waals surface area contributed by atoms with E-state index in [1.54, 1.807) is 19.1 Å². The zero-order valence-corrected chi connectivity index (χ0v) is 10.4. The van der Waals surface area contributed by atoms with Gasteiger partial charge in [0, 0.05) is 12.6 Å². The van der Waals surface area contributed by atoms with Crippen molar-refractivity contribution in [2.24, 2.45) is 5.92 Å². The lowest BCUT2D eigenvalue weighted by atomic mass is 10.1. The van der Waals surface area contributed by atoms with Crippen molar-refractivity contribution in [3.63, 3.8) is 0 Å². The summed E-state index contributed by atoms with van der Waals surface area (Å²) in [6.07, 6.45) is 0. The molecule has 3 nitrogen and oxygen atoms in total. The van der Waals surface area contributed by atoms with Gasteiger partial charge in [-0.2, -0.15) is 0 Å². The van der Waals surface area contributed by atoms with E-state index in [1.165, 1.54) is 19.2 Å². The van der Waals surface area contributed by atoms with Gasteiger partial charge in [-0.15, -0.1) is 0 Å². The number of esters is 1. The third kappa shape index (κ3) is 4.15. The molecule has 17 heavy (non-hydrogen) atoms. The molecule has 0 heterocycles. The van der Waals surface area contributed by atoms with Gasteiger partial charge < -0.3 is 10.1 Å². The summed E-state index contributed by atoms with van der Waals surface area (Å²) in [7, 11) is 1.38. The molecule has 0 aliphatic rings. The van der Waals surface area contributed by atoms with Gasteiger partial charge in [0.2, 0.25) is 0 Å². The summed E-state index contributed by atoms with van der Waals surface area (Å²) < 4.78 is 17.4. The topological polar surface area (TPSA) is 38.3 Å². The number of nitrogens with one attached hydrogen (secondary N) is 1. The van der Waals surface area contributed by atoms with Crippen LogP contribution >= 0.6 is 0 Å². The molecule has 0 aliphatic carbocycles. The highest BCUT2D eigenvalue weighted by Crippen LogP contribution is 2.13. The van der Waals surface area contributed by atoms with E-state index in [-0.39, 0.29) is 23.7 Å². The maximum absolute atomic E-state index is 12.7. The molecule has 0 amide bonds. The van der Waals surface area contributed by atoms with Crippen LogP contribution in [0.25, 0.3) is 0 Å². The number of methoxy groups -OCH3 is 1. The predicted molar refractivity (Wildman–Crippen MR) is 64.0 cm³/mol. The Labute approximate surface area is 101 Å². The van der Waals surface area contributed by atoms with Crippen LogP contribution in [0.4, 0.5) is 4.39 Å². The minimum absolute atomic E-state index is 0.0720. The molecular weight excluding hydrogens is 221 g/mol. The van der Waals surface area contributed by atoms with E-state index < -0.39 is 0 Å². The fourth-order valence-electron chi connectivity index (χ4n) is 1.51. The molecule has 0 fully saturated rings. The van der Waals surface area contributed by atoms with Crippen LogP contribution in [0.3, 0.4) is 0 Å². The average molecular weight is 239 g/mol. The number of carbonyl (C=O) groups is 1. The molecular formula is C13H18FNO2. The maximum Gasteiger partial charge on any atom is 0.309 e. The first kappa shape index (κ1) is 13.6. The highest BCUT2D eigenvalue weighted by atomic mass is 19.1. The fourth-order valence-corrected chi connectivity index (χ4v) is 1.51. The van der Waals surface area contributed by atoms with Gasteiger partial charge in [-0.1, -0.05) is 19.1 Å². The summed E-state index contributed by atoms with van der Waals surface area (Å²) in [4.78, 5) is 11.2. The first-order chi connectivity index (χ1) is 8.04. The number of hydrogen-bond donors (Lipinski definition) is 1. The Morgan fingerprint density at radius 2 is 1.94 bits per heavy atom. The van der Waals surface area contributed by atoms with Crippen molar-refractivity contribution >= 4 is 5.97 Å². The van der Waals surface area contributed by atoms with Crippen molar-refractivity contribution in [3.05, 3.63) is 35.6 Å². The summed E-state index contributed by atoms with van der Waals surface area (Å²) in [6.45, 7) is 4.30. The molecule has 1 rings (SSSR count). The Hall–Kier alpha value is -1.42. The second-order valence-electron chi connectivity index (χ2n) is 4.11. The highest BCUT2D eigenvalue weighted by molar-refractivity contribution is 5.72. The maximum atomic E-state index is 12.7. The Kier molecular flexibility index (Phi) is 5.10. The van der Waals surface area contributed by atoms with E-state index in [9.17, 15) is 9.18 Å². The zero-order chi connectivity index (χ0) is 12.8. The standard InChI is InChI=1S/C13H18FNO2/c1-9(13(16)17-3)8-15-10(2)11-4-6-12(14)7-5-11/h4-7,9-10,15H,8H2,1-3H3/t9?,10-/m0/s1. The molecule has 1 aromatic rings. The molecule has 0 aliphatic heterocycles. The Morgan fingerprint density at radius 1 is 1.35 bits per heavy atom. The third-order valence-corrected chi connectivity index (χ3v) is 2.70. The van der Waals surface area contributed by atoms with Crippen molar-refractivity contribution in [1.82, 2.24) is 5.32 Å². The van der Waals surface area contributed by atoms with Gasteiger partial charge in [0.1, 0.15) is 5.82 Å². The van der Waals surface area contributed by atoms with Crippen molar-refractivity contribution in [3.8, 4) is 0 Å². The first-order valence-electron chi connectivity index (χ1n) is 5.61. The van der Waals surface area contributed by atoms with Gasteiger partial charge in [0.15, 0.2) is 0 Å². The Morgan fingerprint density at radius 3 is 2.47 bits per heavy atom. The van der Waals surface area contributed by atoms with Gasteiger partial charge >= 0.3 is 5.97 Å². The van der Waals surface area contributed by atoms with E-state index >= 15 is 0 Å². The molecule has 0 saturated carbocycles. The Balaban J connectivity index is 2.47. The number of hydrogen-bond acceptors (Lipinski definition) is 3. The third-order valence-electron chi connectivity index (χ3n) is 2.70. The molecule has 0 spiro atoms. The highest BCUT2D eigenvalue weighted by Gasteiger charge is 2.14. The Bertz CT molecular complexity index is 364. The van der Waals surface area contributed by atoms with E-state index in [1.807, 2.05) is 6.92 Å².